The van der Waals surface area contributed by atoms with Gasteiger partial charge in [0.25, 0.3) is 5.91 Å². The Labute approximate surface area is 177 Å². The van der Waals surface area contributed by atoms with Gasteiger partial charge >= 0.3 is 0 Å². The van der Waals surface area contributed by atoms with Gasteiger partial charge in [0.2, 0.25) is 5.75 Å². The summed E-state index contributed by atoms with van der Waals surface area (Å²) in [6.45, 7) is 0. The zero-order valence-electron chi connectivity index (χ0n) is 17.3. The molecule has 0 bridgehead atoms. The van der Waals surface area contributed by atoms with E-state index in [1.807, 2.05) is 0 Å². The highest BCUT2D eigenvalue weighted by Gasteiger charge is 2.28. The Bertz CT molecular complexity index is 1070. The van der Waals surface area contributed by atoms with Crippen molar-refractivity contribution in [3.63, 3.8) is 0 Å². The van der Waals surface area contributed by atoms with E-state index < -0.39 is 12.0 Å². The molecule has 1 unspecified atom stereocenters. The summed E-state index contributed by atoms with van der Waals surface area (Å²) in [6, 6.07) is 6.41. The van der Waals surface area contributed by atoms with Crippen LogP contribution in [0.25, 0.3) is 10.4 Å². The Morgan fingerprint density at radius 2 is 1.74 bits per heavy atom. The van der Waals surface area contributed by atoms with E-state index in [-0.39, 0.29) is 34.3 Å². The number of nitrogens with zero attached hydrogens (tertiary/aromatic N) is 4. The SMILES string of the molecule is COc1cc(C2CC(c3cc(OC)c(OC)c(C(=O)N=[N+]=[N-])c3)=NO2)cc(OC)c1O. The highest BCUT2D eigenvalue weighted by Crippen LogP contribution is 2.42. The Balaban J connectivity index is 1.97. The molecule has 1 N–H and O–H groups in total. The fourth-order valence-corrected chi connectivity index (χ4v) is 3.21. The molecule has 0 aromatic heterocycles. The summed E-state index contributed by atoms with van der Waals surface area (Å²) in [5.74, 6) is -0.0413. The number of methoxy groups -OCH3 is 4. The standard InChI is InChI=1S/C20H20N4O7/c1-27-15-7-11(8-16(28-2)18(15)25)14-9-13(23-31-14)10-5-12(20(26)22-24-21)19(30-4)17(6-10)29-3/h5-8,14,25H,9H2,1-4H3. The molecule has 0 fully saturated rings. The van der Waals surface area contributed by atoms with Crippen LogP contribution < -0.4 is 18.9 Å². The van der Waals surface area contributed by atoms with Crippen molar-refractivity contribution in [3.8, 4) is 28.7 Å². The van der Waals surface area contributed by atoms with E-state index in [1.54, 1.807) is 18.2 Å². The van der Waals surface area contributed by atoms with Crippen molar-refractivity contribution in [2.24, 2.45) is 10.3 Å². The fourth-order valence-electron chi connectivity index (χ4n) is 3.21. The number of hydrogen-bond acceptors (Lipinski definition) is 8. The molecule has 2 aromatic rings. The summed E-state index contributed by atoms with van der Waals surface area (Å²) in [5.41, 5.74) is 10.4. The summed E-state index contributed by atoms with van der Waals surface area (Å²) in [5, 5.41) is 17.4. The summed E-state index contributed by atoms with van der Waals surface area (Å²) in [4.78, 5) is 20.4. The number of oxime groups is 1. The Kier molecular flexibility index (Phi) is 6.37. The number of hydrogen-bond donors (Lipinski definition) is 1. The molecule has 0 radical (unpaired) electrons. The van der Waals surface area contributed by atoms with Crippen LogP contribution in [0, 0.1) is 0 Å². The number of amides is 1. The van der Waals surface area contributed by atoms with Crippen LogP contribution in [0.4, 0.5) is 0 Å². The molecular formula is C20H20N4O7. The van der Waals surface area contributed by atoms with Crippen LogP contribution in [0.3, 0.4) is 0 Å². The highest BCUT2D eigenvalue weighted by molar-refractivity contribution is 6.06. The van der Waals surface area contributed by atoms with Gasteiger partial charge in [0, 0.05) is 22.5 Å². The molecule has 1 heterocycles. The lowest BCUT2D eigenvalue weighted by molar-refractivity contribution is 0.0853. The molecule has 1 aliphatic rings. The van der Waals surface area contributed by atoms with Crippen LogP contribution in [0.2, 0.25) is 0 Å². The second kappa shape index (κ2) is 9.14. The minimum absolute atomic E-state index is 0.0359. The van der Waals surface area contributed by atoms with Gasteiger partial charge in [-0.15, -0.1) is 0 Å². The average Bonchev–Trinajstić information content (AvgIpc) is 3.28. The third-order valence-corrected chi connectivity index (χ3v) is 4.72. The van der Waals surface area contributed by atoms with Gasteiger partial charge in [-0.2, -0.15) is 0 Å². The second-order valence-electron chi connectivity index (χ2n) is 6.36. The fraction of sp³-hybridized carbons (Fsp3) is 0.300. The number of azide groups is 1. The van der Waals surface area contributed by atoms with Crippen molar-refractivity contribution < 1.29 is 33.7 Å². The molecule has 0 saturated carbocycles. The largest absolute Gasteiger partial charge is 0.502 e. The maximum atomic E-state index is 12.2. The molecule has 0 spiro atoms. The number of rotatable bonds is 7. The summed E-state index contributed by atoms with van der Waals surface area (Å²) >= 11 is 0. The van der Waals surface area contributed by atoms with Crippen molar-refractivity contribution in [1.82, 2.24) is 0 Å². The van der Waals surface area contributed by atoms with Crippen LogP contribution in [0.15, 0.2) is 34.5 Å². The van der Waals surface area contributed by atoms with E-state index in [1.165, 1.54) is 34.5 Å². The minimum atomic E-state index is -0.816. The molecule has 2 aromatic carbocycles. The third kappa shape index (κ3) is 4.12. The van der Waals surface area contributed by atoms with Gasteiger partial charge in [0.1, 0.15) is 0 Å². The van der Waals surface area contributed by atoms with E-state index in [2.05, 4.69) is 15.2 Å². The highest BCUT2D eigenvalue weighted by atomic mass is 16.6. The topological polar surface area (TPSA) is 145 Å². The van der Waals surface area contributed by atoms with E-state index in [9.17, 15) is 9.90 Å². The van der Waals surface area contributed by atoms with Crippen molar-refractivity contribution in [1.29, 1.82) is 0 Å². The smallest absolute Gasteiger partial charge is 0.253 e. The van der Waals surface area contributed by atoms with Gasteiger partial charge in [0.05, 0.1) is 39.7 Å². The van der Waals surface area contributed by atoms with Crippen molar-refractivity contribution >= 4 is 11.6 Å². The lowest BCUT2D eigenvalue weighted by Crippen LogP contribution is -2.07. The Morgan fingerprint density at radius 1 is 1.10 bits per heavy atom. The molecule has 11 nitrogen and oxygen atoms in total. The van der Waals surface area contributed by atoms with Crippen molar-refractivity contribution in [3.05, 3.63) is 51.4 Å². The third-order valence-electron chi connectivity index (χ3n) is 4.72. The molecule has 0 saturated heterocycles. The van der Waals surface area contributed by atoms with Gasteiger partial charge < -0.3 is 28.9 Å². The molecule has 31 heavy (non-hydrogen) atoms. The number of ether oxygens (including phenoxy) is 4. The van der Waals surface area contributed by atoms with Crippen LogP contribution in [0.5, 0.6) is 28.7 Å². The number of carbonyl (C=O) groups is 1. The van der Waals surface area contributed by atoms with Gasteiger partial charge in [-0.3, -0.25) is 4.79 Å². The van der Waals surface area contributed by atoms with Gasteiger partial charge in [-0.1, -0.05) is 5.16 Å². The Hall–Kier alpha value is -4.11. The number of phenolic OH excluding ortho intramolecular Hbond substituents is 1. The molecule has 3 rings (SSSR count). The first-order chi connectivity index (χ1) is 15.0. The van der Waals surface area contributed by atoms with Crippen LogP contribution in [-0.4, -0.2) is 45.2 Å². The van der Waals surface area contributed by atoms with E-state index in [4.69, 9.17) is 29.3 Å². The predicted molar refractivity (Wildman–Crippen MR) is 109 cm³/mol. The van der Waals surface area contributed by atoms with Crippen molar-refractivity contribution in [2.45, 2.75) is 12.5 Å². The monoisotopic (exact) mass is 428 g/mol. The minimum Gasteiger partial charge on any atom is -0.502 e. The molecule has 1 amide bonds. The predicted octanol–water partition coefficient (Wildman–Crippen LogP) is 3.74. The number of benzene rings is 2. The molecule has 1 atom stereocenters. The van der Waals surface area contributed by atoms with Crippen LogP contribution in [0.1, 0.15) is 34.0 Å². The second-order valence-corrected chi connectivity index (χ2v) is 6.36. The quantitative estimate of drug-likeness (QED) is 0.402. The first kappa shape index (κ1) is 21.6. The molecule has 0 aliphatic carbocycles. The van der Waals surface area contributed by atoms with E-state index >= 15 is 0 Å². The number of phenols is 1. The van der Waals surface area contributed by atoms with Gasteiger partial charge in [0.15, 0.2) is 29.1 Å². The van der Waals surface area contributed by atoms with Gasteiger partial charge in [-0.05, 0) is 34.9 Å². The maximum absolute atomic E-state index is 12.2. The molecule has 11 heteroatoms. The zero-order chi connectivity index (χ0) is 22.5. The van der Waals surface area contributed by atoms with E-state index in [0.717, 1.165) is 0 Å². The lowest BCUT2D eigenvalue weighted by Gasteiger charge is -2.15. The molecule has 1 aliphatic heterocycles. The zero-order valence-corrected chi connectivity index (χ0v) is 17.3. The first-order valence-electron chi connectivity index (χ1n) is 9.00. The first-order valence-corrected chi connectivity index (χ1v) is 9.00. The van der Waals surface area contributed by atoms with Crippen LogP contribution >= 0.6 is 0 Å². The lowest BCUT2D eigenvalue weighted by atomic mass is 9.97. The maximum Gasteiger partial charge on any atom is 0.253 e. The van der Waals surface area contributed by atoms with Crippen molar-refractivity contribution in [2.75, 3.05) is 28.4 Å². The Morgan fingerprint density at radius 3 is 2.29 bits per heavy atom. The molecule has 162 valence electrons. The van der Waals surface area contributed by atoms with E-state index in [0.29, 0.717) is 23.3 Å². The molecular weight excluding hydrogens is 408 g/mol. The number of carbonyl (C=O) groups excluding carboxylic acids is 1. The normalized spacial score (nSPS) is 14.7. The summed E-state index contributed by atoms with van der Waals surface area (Å²) < 4.78 is 21.0. The average molecular weight is 428 g/mol. The number of aromatic hydroxyl groups is 1. The van der Waals surface area contributed by atoms with Crippen LogP contribution in [-0.2, 0) is 4.84 Å². The van der Waals surface area contributed by atoms with Gasteiger partial charge in [-0.25, -0.2) is 0 Å². The summed E-state index contributed by atoms with van der Waals surface area (Å²) in [6.07, 6.45) is -0.135. The summed E-state index contributed by atoms with van der Waals surface area (Å²) in [7, 11) is 5.67.